The maximum atomic E-state index is 13.8. The molecule has 0 bridgehead atoms. The molecular weight excluding hydrogens is 245 g/mol. The predicted octanol–water partition coefficient (Wildman–Crippen LogP) is 2.83. The normalized spacial score (nSPS) is 10.5. The highest BCUT2D eigenvalue weighted by Gasteiger charge is 2.10. The van der Waals surface area contributed by atoms with Crippen molar-refractivity contribution in [1.82, 2.24) is 5.32 Å². The SMILES string of the molecule is CNCc1cccc(F)c1Oc1ccc(CO)cc1. The number of hydrogen-bond acceptors (Lipinski definition) is 3. The Morgan fingerprint density at radius 1 is 1.16 bits per heavy atom. The zero-order chi connectivity index (χ0) is 13.7. The Morgan fingerprint density at radius 3 is 2.53 bits per heavy atom. The van der Waals surface area contributed by atoms with Gasteiger partial charge in [-0.1, -0.05) is 24.3 Å². The van der Waals surface area contributed by atoms with Gasteiger partial charge in [-0.3, -0.25) is 0 Å². The van der Waals surface area contributed by atoms with E-state index in [1.54, 1.807) is 37.4 Å². The van der Waals surface area contributed by atoms with Gasteiger partial charge in [-0.25, -0.2) is 4.39 Å². The van der Waals surface area contributed by atoms with Crippen molar-refractivity contribution in [2.75, 3.05) is 7.05 Å². The van der Waals surface area contributed by atoms with Crippen molar-refractivity contribution in [3.8, 4) is 11.5 Å². The summed E-state index contributed by atoms with van der Waals surface area (Å²) in [4.78, 5) is 0. The van der Waals surface area contributed by atoms with Crippen LogP contribution >= 0.6 is 0 Å². The molecule has 0 aliphatic rings. The molecule has 0 aliphatic heterocycles. The van der Waals surface area contributed by atoms with Crippen molar-refractivity contribution in [2.24, 2.45) is 0 Å². The van der Waals surface area contributed by atoms with Crippen LogP contribution in [0.2, 0.25) is 0 Å². The van der Waals surface area contributed by atoms with Gasteiger partial charge in [0.25, 0.3) is 0 Å². The second kappa shape index (κ2) is 6.31. The molecule has 0 heterocycles. The molecule has 100 valence electrons. The fourth-order valence-corrected chi connectivity index (χ4v) is 1.78. The van der Waals surface area contributed by atoms with Crippen molar-refractivity contribution < 1.29 is 14.2 Å². The van der Waals surface area contributed by atoms with E-state index in [0.717, 1.165) is 11.1 Å². The van der Waals surface area contributed by atoms with Crippen LogP contribution in [0.15, 0.2) is 42.5 Å². The van der Waals surface area contributed by atoms with Crippen LogP contribution in [-0.4, -0.2) is 12.2 Å². The highest BCUT2D eigenvalue weighted by molar-refractivity contribution is 5.39. The molecule has 0 unspecified atom stereocenters. The summed E-state index contributed by atoms with van der Waals surface area (Å²) in [5.74, 6) is 0.382. The van der Waals surface area contributed by atoms with Gasteiger partial charge in [-0.05, 0) is 30.8 Å². The first-order valence-electron chi connectivity index (χ1n) is 6.04. The molecule has 0 fully saturated rings. The number of para-hydroxylation sites is 1. The van der Waals surface area contributed by atoms with Gasteiger partial charge < -0.3 is 15.2 Å². The van der Waals surface area contributed by atoms with E-state index in [-0.39, 0.29) is 18.2 Å². The van der Waals surface area contributed by atoms with Gasteiger partial charge in [-0.15, -0.1) is 0 Å². The summed E-state index contributed by atoms with van der Waals surface area (Å²) in [7, 11) is 1.80. The molecule has 0 atom stereocenters. The lowest BCUT2D eigenvalue weighted by Gasteiger charge is -2.12. The maximum Gasteiger partial charge on any atom is 0.167 e. The quantitative estimate of drug-likeness (QED) is 0.869. The second-order valence-corrected chi connectivity index (χ2v) is 4.16. The van der Waals surface area contributed by atoms with Crippen molar-refractivity contribution in [3.05, 3.63) is 59.4 Å². The molecule has 3 nitrogen and oxygen atoms in total. The smallest absolute Gasteiger partial charge is 0.167 e. The molecule has 0 amide bonds. The Kier molecular flexibility index (Phi) is 4.49. The third-order valence-corrected chi connectivity index (χ3v) is 2.74. The Morgan fingerprint density at radius 2 is 1.89 bits per heavy atom. The van der Waals surface area contributed by atoms with Gasteiger partial charge in [-0.2, -0.15) is 0 Å². The number of nitrogens with one attached hydrogen (secondary N) is 1. The predicted molar refractivity (Wildman–Crippen MR) is 71.6 cm³/mol. The number of aliphatic hydroxyl groups excluding tert-OH is 1. The standard InChI is InChI=1S/C15H16FNO2/c1-17-9-12-3-2-4-14(16)15(12)19-13-7-5-11(10-18)6-8-13/h2-8,17-18H,9-10H2,1H3. The first-order valence-corrected chi connectivity index (χ1v) is 6.04. The van der Waals surface area contributed by atoms with E-state index in [4.69, 9.17) is 9.84 Å². The fourth-order valence-electron chi connectivity index (χ4n) is 1.78. The van der Waals surface area contributed by atoms with Crippen LogP contribution in [0.1, 0.15) is 11.1 Å². The maximum absolute atomic E-state index is 13.8. The molecule has 2 aromatic rings. The van der Waals surface area contributed by atoms with Crippen LogP contribution in [-0.2, 0) is 13.2 Å². The van der Waals surface area contributed by atoms with Crippen molar-refractivity contribution in [1.29, 1.82) is 0 Å². The first kappa shape index (κ1) is 13.5. The van der Waals surface area contributed by atoms with Crippen LogP contribution in [0.25, 0.3) is 0 Å². The van der Waals surface area contributed by atoms with Crippen molar-refractivity contribution in [3.63, 3.8) is 0 Å². The van der Waals surface area contributed by atoms with Crippen LogP contribution in [0, 0.1) is 5.82 Å². The molecule has 4 heteroatoms. The minimum atomic E-state index is -0.390. The van der Waals surface area contributed by atoms with E-state index in [9.17, 15) is 4.39 Å². The molecule has 0 radical (unpaired) electrons. The Balaban J connectivity index is 2.26. The van der Waals surface area contributed by atoms with Crippen molar-refractivity contribution in [2.45, 2.75) is 13.2 Å². The molecule has 2 N–H and O–H groups in total. The highest BCUT2D eigenvalue weighted by atomic mass is 19.1. The van der Waals surface area contributed by atoms with Crippen LogP contribution in [0.5, 0.6) is 11.5 Å². The van der Waals surface area contributed by atoms with Gasteiger partial charge >= 0.3 is 0 Å². The van der Waals surface area contributed by atoms with E-state index in [1.165, 1.54) is 6.07 Å². The van der Waals surface area contributed by atoms with Crippen LogP contribution in [0.3, 0.4) is 0 Å². The summed E-state index contributed by atoms with van der Waals surface area (Å²) in [6, 6.07) is 11.8. The molecule has 2 aromatic carbocycles. The summed E-state index contributed by atoms with van der Waals surface area (Å²) in [5.41, 5.74) is 1.55. The second-order valence-electron chi connectivity index (χ2n) is 4.16. The van der Waals surface area contributed by atoms with E-state index < -0.39 is 0 Å². The summed E-state index contributed by atoms with van der Waals surface area (Å²) in [6.07, 6.45) is 0. The summed E-state index contributed by atoms with van der Waals surface area (Å²) in [6.45, 7) is 0.507. The minimum Gasteiger partial charge on any atom is -0.454 e. The van der Waals surface area contributed by atoms with E-state index in [2.05, 4.69) is 5.32 Å². The average molecular weight is 261 g/mol. The van der Waals surface area contributed by atoms with E-state index in [0.29, 0.717) is 12.3 Å². The van der Waals surface area contributed by atoms with Crippen LogP contribution < -0.4 is 10.1 Å². The van der Waals surface area contributed by atoms with Gasteiger partial charge in [0.05, 0.1) is 6.61 Å². The number of ether oxygens (including phenoxy) is 1. The zero-order valence-electron chi connectivity index (χ0n) is 10.7. The third-order valence-electron chi connectivity index (χ3n) is 2.74. The lowest BCUT2D eigenvalue weighted by molar-refractivity contribution is 0.281. The number of hydrogen-bond donors (Lipinski definition) is 2. The monoisotopic (exact) mass is 261 g/mol. The summed E-state index contributed by atoms with van der Waals surface area (Å²) >= 11 is 0. The molecule has 0 saturated heterocycles. The molecule has 0 aliphatic carbocycles. The molecule has 19 heavy (non-hydrogen) atoms. The Labute approximate surface area is 111 Å². The minimum absolute atomic E-state index is 0.0228. The number of aliphatic hydroxyl groups is 1. The van der Waals surface area contributed by atoms with E-state index >= 15 is 0 Å². The number of rotatable bonds is 5. The highest BCUT2D eigenvalue weighted by Crippen LogP contribution is 2.28. The van der Waals surface area contributed by atoms with Gasteiger partial charge in [0, 0.05) is 12.1 Å². The third kappa shape index (κ3) is 3.30. The zero-order valence-corrected chi connectivity index (χ0v) is 10.7. The molecule has 0 saturated carbocycles. The fraction of sp³-hybridized carbons (Fsp3) is 0.200. The summed E-state index contributed by atoms with van der Waals surface area (Å²) in [5, 5.41) is 11.9. The van der Waals surface area contributed by atoms with Crippen molar-refractivity contribution >= 4 is 0 Å². The molecule has 0 aromatic heterocycles. The Bertz CT molecular complexity index is 540. The molecule has 2 rings (SSSR count). The topological polar surface area (TPSA) is 41.5 Å². The number of benzene rings is 2. The Hall–Kier alpha value is -1.91. The lowest BCUT2D eigenvalue weighted by atomic mass is 10.2. The average Bonchev–Trinajstić information content (AvgIpc) is 2.44. The summed E-state index contributed by atoms with van der Waals surface area (Å²) < 4.78 is 19.4. The lowest BCUT2D eigenvalue weighted by Crippen LogP contribution is -2.07. The van der Waals surface area contributed by atoms with E-state index in [1.807, 2.05) is 6.07 Å². The van der Waals surface area contributed by atoms with Gasteiger partial charge in [0.1, 0.15) is 5.75 Å². The van der Waals surface area contributed by atoms with Gasteiger partial charge in [0.15, 0.2) is 11.6 Å². The molecular formula is C15H16FNO2. The molecule has 0 spiro atoms. The number of halogens is 1. The first-order chi connectivity index (χ1) is 9.24. The van der Waals surface area contributed by atoms with Crippen LogP contribution in [0.4, 0.5) is 4.39 Å². The largest absolute Gasteiger partial charge is 0.454 e. The van der Waals surface area contributed by atoms with Gasteiger partial charge in [0.2, 0.25) is 0 Å².